The van der Waals surface area contributed by atoms with Crippen LogP contribution in [0.15, 0.2) is 71.6 Å². The Morgan fingerprint density at radius 2 is 1.58 bits per heavy atom. The molecule has 0 saturated heterocycles. The number of hydrogen-bond acceptors (Lipinski definition) is 3. The van der Waals surface area contributed by atoms with E-state index in [1.54, 1.807) is 4.90 Å². The van der Waals surface area contributed by atoms with Crippen molar-refractivity contribution in [3.63, 3.8) is 0 Å². The smallest absolute Gasteiger partial charge is 0.244 e. The largest absolute Gasteiger partial charge is 0.308 e. The van der Waals surface area contributed by atoms with Gasteiger partial charge in [0.15, 0.2) is 0 Å². The second-order valence-corrected chi connectivity index (χ2v) is 10.8. The summed E-state index contributed by atoms with van der Waals surface area (Å²) >= 11 is 0. The number of rotatable bonds is 6. The molecule has 6 heteroatoms. The van der Waals surface area contributed by atoms with E-state index in [1.165, 1.54) is 4.31 Å². The molecule has 1 aliphatic heterocycles. The van der Waals surface area contributed by atoms with Crippen LogP contribution in [0.3, 0.4) is 0 Å². The topological polar surface area (TPSA) is 57.7 Å². The Labute approximate surface area is 196 Å². The van der Waals surface area contributed by atoms with Gasteiger partial charge >= 0.3 is 0 Å². The van der Waals surface area contributed by atoms with Gasteiger partial charge in [0.2, 0.25) is 15.9 Å². The van der Waals surface area contributed by atoms with E-state index in [9.17, 15) is 13.2 Å². The van der Waals surface area contributed by atoms with Gasteiger partial charge in [-0.2, -0.15) is 4.31 Å². The van der Waals surface area contributed by atoms with E-state index in [2.05, 4.69) is 0 Å². The molecule has 0 radical (unpaired) electrons. The van der Waals surface area contributed by atoms with Gasteiger partial charge in [0.05, 0.1) is 11.4 Å². The number of hydrogen-bond donors (Lipinski definition) is 0. The van der Waals surface area contributed by atoms with Gasteiger partial charge in [-0.3, -0.25) is 4.79 Å². The van der Waals surface area contributed by atoms with Crippen LogP contribution in [0.5, 0.6) is 0 Å². The summed E-state index contributed by atoms with van der Waals surface area (Å²) in [7, 11) is -3.91. The van der Waals surface area contributed by atoms with Crippen molar-refractivity contribution in [2.75, 3.05) is 11.4 Å². The van der Waals surface area contributed by atoms with Gasteiger partial charge in [-0.05, 0) is 62.4 Å². The molecule has 1 amide bonds. The molecule has 0 bridgehead atoms. The second kappa shape index (κ2) is 9.12. The molecule has 4 rings (SSSR count). The molecule has 0 aromatic heterocycles. The third-order valence-electron chi connectivity index (χ3n) is 6.19. The van der Waals surface area contributed by atoms with Gasteiger partial charge in [-0.15, -0.1) is 0 Å². The fourth-order valence-corrected chi connectivity index (χ4v) is 6.68. The standard InChI is InChI=1S/C27H30N2O3S/c1-19-14-20(2)27(21(3)15-19)33(31,32)28(17-23-10-6-5-7-11-23)18-26(30)29-22(4)16-24-12-8-9-13-25(24)29/h5-15,22H,16-18H2,1-4H3. The summed E-state index contributed by atoms with van der Waals surface area (Å²) < 4.78 is 29.2. The number of carbonyl (C=O) groups is 1. The van der Waals surface area contributed by atoms with Crippen LogP contribution < -0.4 is 4.90 Å². The van der Waals surface area contributed by atoms with Gasteiger partial charge in [0.1, 0.15) is 0 Å². The van der Waals surface area contributed by atoms with E-state index in [-0.39, 0.29) is 29.9 Å². The third kappa shape index (κ3) is 4.59. The van der Waals surface area contributed by atoms with Crippen LogP contribution in [0.2, 0.25) is 0 Å². The van der Waals surface area contributed by atoms with Gasteiger partial charge in [0.25, 0.3) is 0 Å². The van der Waals surface area contributed by atoms with Crippen molar-refractivity contribution >= 4 is 21.6 Å². The first kappa shape index (κ1) is 23.2. The molecule has 33 heavy (non-hydrogen) atoms. The maximum Gasteiger partial charge on any atom is 0.244 e. The molecule has 1 unspecified atom stereocenters. The lowest BCUT2D eigenvalue weighted by Crippen LogP contribution is -2.45. The number of anilines is 1. The number of sulfonamides is 1. The third-order valence-corrected chi connectivity index (χ3v) is 8.29. The molecule has 1 heterocycles. The fourth-order valence-electron chi connectivity index (χ4n) is 4.89. The highest BCUT2D eigenvalue weighted by atomic mass is 32.2. The first-order valence-electron chi connectivity index (χ1n) is 11.2. The minimum absolute atomic E-state index is 0.0148. The van der Waals surface area contributed by atoms with Crippen molar-refractivity contribution in [2.24, 2.45) is 0 Å². The van der Waals surface area contributed by atoms with E-state index < -0.39 is 10.0 Å². The maximum absolute atomic E-state index is 13.9. The average Bonchev–Trinajstić information content (AvgIpc) is 3.08. The van der Waals surface area contributed by atoms with Gasteiger partial charge in [-0.25, -0.2) is 8.42 Å². The SMILES string of the molecule is Cc1cc(C)c(S(=O)(=O)N(CC(=O)N2c3ccccc3CC2C)Cc2ccccc2)c(C)c1. The predicted molar refractivity (Wildman–Crippen MR) is 132 cm³/mol. The second-order valence-electron chi connectivity index (χ2n) is 8.93. The first-order chi connectivity index (χ1) is 15.7. The summed E-state index contributed by atoms with van der Waals surface area (Å²) in [5.41, 5.74) is 5.22. The number of amides is 1. The lowest BCUT2D eigenvalue weighted by Gasteiger charge is -2.28. The number of aryl methyl sites for hydroxylation is 3. The molecule has 172 valence electrons. The molecule has 3 aromatic carbocycles. The highest BCUT2D eigenvalue weighted by Gasteiger charge is 2.35. The quantitative estimate of drug-likeness (QED) is 0.530. The van der Waals surface area contributed by atoms with E-state index in [4.69, 9.17) is 0 Å². The van der Waals surface area contributed by atoms with E-state index >= 15 is 0 Å². The molecule has 0 saturated carbocycles. The Morgan fingerprint density at radius 3 is 2.24 bits per heavy atom. The minimum atomic E-state index is -3.91. The van der Waals surface area contributed by atoms with Crippen molar-refractivity contribution < 1.29 is 13.2 Å². The van der Waals surface area contributed by atoms with Crippen LogP contribution in [0, 0.1) is 20.8 Å². The summed E-state index contributed by atoms with van der Waals surface area (Å²) in [6, 6.07) is 21.0. The summed E-state index contributed by atoms with van der Waals surface area (Å²) in [5, 5.41) is 0. The van der Waals surface area contributed by atoms with Crippen LogP contribution in [0.4, 0.5) is 5.69 Å². The Hall–Kier alpha value is -2.96. The van der Waals surface area contributed by atoms with Gasteiger partial charge in [-0.1, -0.05) is 66.2 Å². The average molecular weight is 463 g/mol. The summed E-state index contributed by atoms with van der Waals surface area (Å²) in [6.07, 6.45) is 0.767. The normalized spacial score (nSPS) is 15.7. The van der Waals surface area contributed by atoms with E-state index in [1.807, 2.05) is 94.4 Å². The molecule has 0 spiro atoms. The number of nitrogens with zero attached hydrogens (tertiary/aromatic N) is 2. The highest BCUT2D eigenvalue weighted by molar-refractivity contribution is 7.89. The Kier molecular flexibility index (Phi) is 6.41. The molecule has 3 aromatic rings. The lowest BCUT2D eigenvalue weighted by atomic mass is 10.1. The Morgan fingerprint density at radius 1 is 0.970 bits per heavy atom. The molecule has 0 N–H and O–H groups in total. The van der Waals surface area contributed by atoms with E-state index in [0.29, 0.717) is 11.1 Å². The van der Waals surface area contributed by atoms with Crippen molar-refractivity contribution in [1.82, 2.24) is 4.31 Å². The molecule has 5 nitrogen and oxygen atoms in total. The van der Waals surface area contributed by atoms with Crippen molar-refractivity contribution in [2.45, 2.75) is 51.6 Å². The zero-order chi connectivity index (χ0) is 23.8. The zero-order valence-corrected chi connectivity index (χ0v) is 20.4. The number of fused-ring (bicyclic) bond motifs is 1. The number of carbonyl (C=O) groups excluding carboxylic acids is 1. The first-order valence-corrected chi connectivity index (χ1v) is 12.6. The summed E-state index contributed by atoms with van der Waals surface area (Å²) in [4.78, 5) is 15.6. The molecule has 1 atom stereocenters. The number of para-hydroxylation sites is 1. The molecule has 0 aliphatic carbocycles. The Bertz CT molecular complexity index is 1260. The maximum atomic E-state index is 13.9. The molecule has 1 aliphatic rings. The highest BCUT2D eigenvalue weighted by Crippen LogP contribution is 2.33. The lowest BCUT2D eigenvalue weighted by molar-refractivity contribution is -0.119. The summed E-state index contributed by atoms with van der Waals surface area (Å²) in [5.74, 6) is -0.214. The van der Waals surface area contributed by atoms with Crippen LogP contribution in [-0.2, 0) is 27.8 Å². The van der Waals surface area contributed by atoms with Crippen LogP contribution >= 0.6 is 0 Å². The van der Waals surface area contributed by atoms with Crippen LogP contribution in [-0.4, -0.2) is 31.2 Å². The molecular formula is C27H30N2O3S. The Balaban J connectivity index is 1.73. The van der Waals surface area contributed by atoms with Crippen molar-refractivity contribution in [3.8, 4) is 0 Å². The van der Waals surface area contributed by atoms with E-state index in [0.717, 1.165) is 28.8 Å². The predicted octanol–water partition coefficient (Wildman–Crippen LogP) is 4.78. The van der Waals surface area contributed by atoms with Crippen LogP contribution in [0.1, 0.15) is 34.7 Å². The summed E-state index contributed by atoms with van der Waals surface area (Å²) in [6.45, 7) is 7.49. The van der Waals surface area contributed by atoms with Crippen molar-refractivity contribution in [3.05, 3.63) is 94.5 Å². The minimum Gasteiger partial charge on any atom is -0.308 e. The number of benzene rings is 3. The monoisotopic (exact) mass is 462 g/mol. The van der Waals surface area contributed by atoms with Gasteiger partial charge in [0, 0.05) is 18.3 Å². The van der Waals surface area contributed by atoms with Crippen molar-refractivity contribution in [1.29, 1.82) is 0 Å². The van der Waals surface area contributed by atoms with Gasteiger partial charge < -0.3 is 4.90 Å². The molecular weight excluding hydrogens is 432 g/mol. The fraction of sp³-hybridized carbons (Fsp3) is 0.296. The molecule has 0 fully saturated rings. The van der Waals surface area contributed by atoms with Crippen LogP contribution in [0.25, 0.3) is 0 Å². The zero-order valence-electron chi connectivity index (χ0n) is 19.6.